The van der Waals surface area contributed by atoms with Crippen LogP contribution in [0.1, 0.15) is 36.2 Å². The van der Waals surface area contributed by atoms with E-state index in [2.05, 4.69) is 29.4 Å². The molecule has 0 atom stereocenters. The molecule has 1 N–H and O–H groups in total. The summed E-state index contributed by atoms with van der Waals surface area (Å²) in [7, 11) is 0. The molecule has 21 heavy (non-hydrogen) atoms. The Morgan fingerprint density at radius 1 is 1.10 bits per heavy atom. The van der Waals surface area contributed by atoms with Crippen molar-refractivity contribution in [2.24, 2.45) is 11.0 Å². The van der Waals surface area contributed by atoms with Crippen LogP contribution in [0.25, 0.3) is 0 Å². The molecular formula is C17H19N3O. The second-order valence-corrected chi connectivity index (χ2v) is 5.20. The quantitative estimate of drug-likeness (QED) is 0.675. The van der Waals surface area contributed by atoms with E-state index < -0.39 is 0 Å². The van der Waals surface area contributed by atoms with Gasteiger partial charge in [0.1, 0.15) is 0 Å². The molecule has 1 aromatic carbocycles. The topological polar surface area (TPSA) is 54.4 Å². The Labute approximate surface area is 124 Å². The van der Waals surface area contributed by atoms with Gasteiger partial charge in [-0.3, -0.25) is 9.78 Å². The van der Waals surface area contributed by atoms with Crippen LogP contribution in [0.15, 0.2) is 60.0 Å². The summed E-state index contributed by atoms with van der Waals surface area (Å²) in [6, 6.07) is 13.2. The molecule has 0 aliphatic carbocycles. The third kappa shape index (κ3) is 4.53. The number of amides is 1. The summed E-state index contributed by atoms with van der Waals surface area (Å²) in [6.45, 7) is 4.26. The zero-order valence-electron chi connectivity index (χ0n) is 12.3. The average Bonchev–Trinajstić information content (AvgIpc) is 2.52. The highest BCUT2D eigenvalue weighted by atomic mass is 16.2. The van der Waals surface area contributed by atoms with Gasteiger partial charge in [-0.1, -0.05) is 44.2 Å². The Morgan fingerprint density at radius 2 is 1.76 bits per heavy atom. The number of rotatable bonds is 5. The molecule has 0 aliphatic heterocycles. The Balaban J connectivity index is 2.16. The van der Waals surface area contributed by atoms with E-state index >= 15 is 0 Å². The smallest absolute Gasteiger partial charge is 0.267 e. The third-order valence-electron chi connectivity index (χ3n) is 2.94. The van der Waals surface area contributed by atoms with Gasteiger partial charge in [-0.25, -0.2) is 5.43 Å². The predicted molar refractivity (Wildman–Crippen MR) is 84.1 cm³/mol. The van der Waals surface area contributed by atoms with Gasteiger partial charge in [-0.2, -0.15) is 5.10 Å². The van der Waals surface area contributed by atoms with Crippen LogP contribution in [-0.2, 0) is 0 Å². The average molecular weight is 281 g/mol. The number of nitrogens with zero attached hydrogens (tertiary/aromatic N) is 2. The largest absolute Gasteiger partial charge is 0.271 e. The van der Waals surface area contributed by atoms with Crippen LogP contribution in [0.3, 0.4) is 0 Å². The van der Waals surface area contributed by atoms with Crippen molar-refractivity contribution >= 4 is 11.6 Å². The summed E-state index contributed by atoms with van der Waals surface area (Å²) in [4.78, 5) is 15.9. The molecule has 4 heteroatoms. The first-order valence-corrected chi connectivity index (χ1v) is 6.99. The minimum absolute atomic E-state index is 0.227. The Hall–Kier alpha value is -2.49. The lowest BCUT2D eigenvalue weighted by molar-refractivity contribution is 0.0954. The van der Waals surface area contributed by atoms with Crippen LogP contribution in [-0.4, -0.2) is 16.6 Å². The molecule has 108 valence electrons. The fraction of sp³-hybridized carbons (Fsp3) is 0.235. The summed E-state index contributed by atoms with van der Waals surface area (Å²) in [6.07, 6.45) is 3.98. The van der Waals surface area contributed by atoms with Crippen molar-refractivity contribution in [1.82, 2.24) is 10.4 Å². The molecule has 1 amide bonds. The minimum Gasteiger partial charge on any atom is -0.267 e. The summed E-state index contributed by atoms with van der Waals surface area (Å²) in [5.41, 5.74) is 5.08. The highest BCUT2D eigenvalue weighted by Gasteiger charge is 2.08. The van der Waals surface area contributed by atoms with Gasteiger partial charge in [0.15, 0.2) is 0 Å². The molecule has 2 aromatic rings. The van der Waals surface area contributed by atoms with Crippen molar-refractivity contribution < 1.29 is 4.79 Å². The van der Waals surface area contributed by atoms with E-state index in [0.717, 1.165) is 17.7 Å². The molecular weight excluding hydrogens is 262 g/mol. The highest BCUT2D eigenvalue weighted by molar-refractivity contribution is 6.02. The van der Waals surface area contributed by atoms with Gasteiger partial charge in [0, 0.05) is 18.0 Å². The van der Waals surface area contributed by atoms with Gasteiger partial charge >= 0.3 is 0 Å². The van der Waals surface area contributed by atoms with Crippen molar-refractivity contribution in [3.8, 4) is 0 Å². The molecule has 0 fully saturated rings. The summed E-state index contributed by atoms with van der Waals surface area (Å²) in [5.74, 6) is 0.233. The fourth-order valence-corrected chi connectivity index (χ4v) is 1.93. The van der Waals surface area contributed by atoms with E-state index in [-0.39, 0.29) is 5.91 Å². The Bertz CT molecular complexity index is 606. The van der Waals surface area contributed by atoms with Crippen LogP contribution in [0.2, 0.25) is 0 Å². The van der Waals surface area contributed by atoms with Gasteiger partial charge in [0.25, 0.3) is 5.91 Å². The normalized spacial score (nSPS) is 11.5. The Kier molecular flexibility index (Phi) is 5.21. The number of nitrogens with one attached hydrogen (secondary N) is 1. The van der Waals surface area contributed by atoms with E-state index in [1.54, 1.807) is 24.5 Å². The number of aromatic nitrogens is 1. The number of pyridine rings is 1. The number of hydrazone groups is 1. The lowest BCUT2D eigenvalue weighted by Gasteiger charge is -2.10. The van der Waals surface area contributed by atoms with E-state index in [1.165, 1.54) is 0 Å². The van der Waals surface area contributed by atoms with Crippen LogP contribution in [0.4, 0.5) is 0 Å². The molecule has 2 rings (SSSR count). The maximum absolute atomic E-state index is 12.0. The molecule has 0 saturated carbocycles. The fourth-order valence-electron chi connectivity index (χ4n) is 1.93. The van der Waals surface area contributed by atoms with Crippen molar-refractivity contribution in [3.05, 3.63) is 66.0 Å². The molecule has 0 aliphatic rings. The SMILES string of the molecule is CC(C)C/C(=N\NC(=O)c1ccncc1)c1ccccc1. The zero-order chi connectivity index (χ0) is 15.1. The highest BCUT2D eigenvalue weighted by Crippen LogP contribution is 2.10. The maximum atomic E-state index is 12.0. The van der Waals surface area contributed by atoms with Gasteiger partial charge in [0.2, 0.25) is 0 Å². The van der Waals surface area contributed by atoms with Gasteiger partial charge < -0.3 is 0 Å². The lowest BCUT2D eigenvalue weighted by atomic mass is 10.0. The molecule has 0 unspecified atom stereocenters. The van der Waals surface area contributed by atoms with E-state index in [4.69, 9.17) is 0 Å². The van der Waals surface area contributed by atoms with Gasteiger partial charge in [-0.15, -0.1) is 0 Å². The molecule has 1 heterocycles. The second-order valence-electron chi connectivity index (χ2n) is 5.20. The number of hydrogen-bond donors (Lipinski definition) is 1. The first kappa shape index (κ1) is 14.9. The summed E-state index contributed by atoms with van der Waals surface area (Å²) < 4.78 is 0. The monoisotopic (exact) mass is 281 g/mol. The van der Waals surface area contributed by atoms with Gasteiger partial charge in [-0.05, 0) is 30.0 Å². The molecule has 0 spiro atoms. The van der Waals surface area contributed by atoms with Crippen molar-refractivity contribution in [2.45, 2.75) is 20.3 Å². The molecule has 0 bridgehead atoms. The number of benzene rings is 1. The van der Waals surface area contributed by atoms with E-state index in [0.29, 0.717) is 11.5 Å². The molecule has 0 saturated heterocycles. The number of hydrogen-bond acceptors (Lipinski definition) is 3. The van der Waals surface area contributed by atoms with Crippen LogP contribution >= 0.6 is 0 Å². The lowest BCUT2D eigenvalue weighted by Crippen LogP contribution is -2.20. The Morgan fingerprint density at radius 3 is 2.38 bits per heavy atom. The molecule has 0 radical (unpaired) electrons. The first-order chi connectivity index (χ1) is 10.2. The van der Waals surface area contributed by atoms with Crippen molar-refractivity contribution in [3.63, 3.8) is 0 Å². The molecule has 1 aromatic heterocycles. The summed E-state index contributed by atoms with van der Waals surface area (Å²) >= 11 is 0. The predicted octanol–water partition coefficient (Wildman–Crippen LogP) is 3.26. The minimum atomic E-state index is -0.227. The van der Waals surface area contributed by atoms with Crippen molar-refractivity contribution in [2.75, 3.05) is 0 Å². The van der Waals surface area contributed by atoms with Crippen molar-refractivity contribution in [1.29, 1.82) is 0 Å². The summed E-state index contributed by atoms with van der Waals surface area (Å²) in [5, 5.41) is 4.31. The number of carbonyl (C=O) groups excluding carboxylic acids is 1. The second kappa shape index (κ2) is 7.33. The van der Waals surface area contributed by atoms with Gasteiger partial charge in [0.05, 0.1) is 5.71 Å². The number of carbonyl (C=O) groups is 1. The van der Waals surface area contributed by atoms with Crippen LogP contribution in [0, 0.1) is 5.92 Å². The van der Waals surface area contributed by atoms with Crippen LogP contribution < -0.4 is 5.43 Å². The standard InChI is InChI=1S/C17H19N3O/c1-13(2)12-16(14-6-4-3-5-7-14)19-20-17(21)15-8-10-18-11-9-15/h3-11,13H,12H2,1-2H3,(H,20,21)/b19-16+. The van der Waals surface area contributed by atoms with E-state index in [9.17, 15) is 4.79 Å². The van der Waals surface area contributed by atoms with Crippen LogP contribution in [0.5, 0.6) is 0 Å². The zero-order valence-corrected chi connectivity index (χ0v) is 12.3. The first-order valence-electron chi connectivity index (χ1n) is 6.99. The maximum Gasteiger partial charge on any atom is 0.271 e. The third-order valence-corrected chi connectivity index (χ3v) is 2.94. The van der Waals surface area contributed by atoms with E-state index in [1.807, 2.05) is 30.3 Å². The molecule has 4 nitrogen and oxygen atoms in total.